The van der Waals surface area contributed by atoms with E-state index >= 15 is 0 Å². The lowest BCUT2D eigenvalue weighted by Crippen LogP contribution is -2.47. The van der Waals surface area contributed by atoms with Crippen molar-refractivity contribution in [1.82, 2.24) is 24.6 Å². The van der Waals surface area contributed by atoms with Gasteiger partial charge in [-0.15, -0.1) is 11.6 Å². The molecule has 41 heavy (non-hydrogen) atoms. The van der Waals surface area contributed by atoms with Crippen LogP contribution in [0, 0.1) is 5.92 Å². The van der Waals surface area contributed by atoms with Gasteiger partial charge in [0.25, 0.3) is 0 Å². The Hall–Kier alpha value is -2.80. The number of nitrogens with two attached hydrogens (primary N) is 1. The zero-order valence-electron chi connectivity index (χ0n) is 23.2. The molecule has 2 saturated heterocycles. The second kappa shape index (κ2) is 11.8. The minimum absolute atomic E-state index is 0.00491. The number of hydrogen-bond acceptors (Lipinski definition) is 11. The smallest absolute Gasteiger partial charge is 0.406 e. The molecule has 2 aliphatic heterocycles. The first-order valence-electron chi connectivity index (χ1n) is 13.4. The van der Waals surface area contributed by atoms with Crippen LogP contribution in [0.1, 0.15) is 39.5 Å². The number of nitrogens with one attached hydrogen (secondary N) is 1. The van der Waals surface area contributed by atoms with E-state index < -0.39 is 37.1 Å². The summed E-state index contributed by atoms with van der Waals surface area (Å²) in [6.45, 7) is 7.33. The van der Waals surface area contributed by atoms with Crippen molar-refractivity contribution in [1.29, 1.82) is 0 Å². The van der Waals surface area contributed by atoms with Gasteiger partial charge in [0.05, 0.1) is 31.5 Å². The average Bonchev–Trinajstić information content (AvgIpc) is 3.45. The average molecular weight is 609 g/mol. The molecule has 2 aliphatic rings. The molecule has 6 atom stereocenters. The molecule has 0 amide bonds. The van der Waals surface area contributed by atoms with Crippen LogP contribution in [0.2, 0.25) is 0 Å². The predicted molar refractivity (Wildman–Crippen MR) is 150 cm³/mol. The molecule has 15 heteroatoms. The maximum Gasteiger partial charge on any atom is 0.406 e. The van der Waals surface area contributed by atoms with Crippen molar-refractivity contribution in [3.05, 3.63) is 42.2 Å². The molecule has 222 valence electrons. The van der Waals surface area contributed by atoms with Gasteiger partial charge in [0, 0.05) is 0 Å². The van der Waals surface area contributed by atoms with E-state index in [-0.39, 0.29) is 36.9 Å². The normalized spacial score (nSPS) is 28.5. The summed E-state index contributed by atoms with van der Waals surface area (Å²) in [5.41, 5.74) is 7.65. The highest BCUT2D eigenvalue weighted by molar-refractivity contribution is 7.51. The minimum Gasteiger partial charge on any atom is -0.476 e. The summed E-state index contributed by atoms with van der Waals surface area (Å²) in [5.74, 6) is -0.416. The largest absolute Gasteiger partial charge is 0.476 e. The van der Waals surface area contributed by atoms with E-state index in [2.05, 4.69) is 20.0 Å². The van der Waals surface area contributed by atoms with Gasteiger partial charge in [-0.05, 0) is 25.8 Å². The number of carbonyl (C=O) groups excluding carboxylic acids is 1. The van der Waals surface area contributed by atoms with Crippen molar-refractivity contribution in [3.63, 3.8) is 0 Å². The summed E-state index contributed by atoms with van der Waals surface area (Å²) < 4.78 is 44.7. The number of alkyl halides is 1. The number of esters is 1. The summed E-state index contributed by atoms with van der Waals surface area (Å²) in [4.78, 5) is 23.8. The number of fused-ring (bicyclic) bond motifs is 2. The fourth-order valence-electron chi connectivity index (χ4n) is 4.86. The Morgan fingerprint density at radius 1 is 1.32 bits per heavy atom. The topological polar surface area (TPSA) is 162 Å². The van der Waals surface area contributed by atoms with Gasteiger partial charge in [0.15, 0.2) is 17.4 Å². The van der Waals surface area contributed by atoms with E-state index in [9.17, 15) is 9.36 Å². The molecule has 13 nitrogen and oxygen atoms in total. The Morgan fingerprint density at radius 3 is 2.78 bits per heavy atom. The number of rotatable bonds is 10. The van der Waals surface area contributed by atoms with E-state index in [0.717, 1.165) is 5.56 Å². The molecular formula is C26H34ClN6O7P. The first-order valence-corrected chi connectivity index (χ1v) is 15.3. The molecule has 3 N–H and O–H groups in total. The third-order valence-electron chi connectivity index (χ3n) is 6.85. The van der Waals surface area contributed by atoms with E-state index in [1.54, 1.807) is 25.3 Å². The Labute approximate surface area is 242 Å². The van der Waals surface area contributed by atoms with Crippen molar-refractivity contribution < 1.29 is 32.6 Å². The van der Waals surface area contributed by atoms with Crippen molar-refractivity contribution in [3.8, 4) is 5.88 Å². The van der Waals surface area contributed by atoms with Crippen LogP contribution >= 0.6 is 19.3 Å². The Balaban J connectivity index is 1.37. The second-order valence-corrected chi connectivity index (χ2v) is 13.0. The molecule has 5 rings (SSSR count). The molecule has 2 fully saturated rings. The third-order valence-corrected chi connectivity index (χ3v) is 8.92. The van der Waals surface area contributed by atoms with Gasteiger partial charge in [-0.3, -0.25) is 18.4 Å². The van der Waals surface area contributed by atoms with Gasteiger partial charge in [-0.2, -0.15) is 9.97 Å². The van der Waals surface area contributed by atoms with Crippen LogP contribution < -0.4 is 15.6 Å². The molecule has 3 aromatic rings. The lowest BCUT2D eigenvalue weighted by molar-refractivity contribution is -0.148. The highest BCUT2D eigenvalue weighted by Crippen LogP contribution is 2.58. The molecule has 0 bridgehead atoms. The number of hydrogen-bond donors (Lipinski definition) is 2. The molecule has 0 aliphatic carbocycles. The monoisotopic (exact) mass is 608 g/mol. The molecular weight excluding hydrogens is 575 g/mol. The molecule has 0 saturated carbocycles. The van der Waals surface area contributed by atoms with Gasteiger partial charge in [-0.1, -0.05) is 44.2 Å². The summed E-state index contributed by atoms with van der Waals surface area (Å²) in [5, 5.41) is 2.98. The van der Waals surface area contributed by atoms with Gasteiger partial charge < -0.3 is 19.9 Å². The van der Waals surface area contributed by atoms with E-state index in [1.807, 2.05) is 37.3 Å². The van der Waals surface area contributed by atoms with Gasteiger partial charge >= 0.3 is 13.7 Å². The predicted octanol–water partition coefficient (Wildman–Crippen LogP) is 3.63. The van der Waals surface area contributed by atoms with Crippen molar-refractivity contribution >= 4 is 42.4 Å². The molecule has 0 unspecified atom stereocenters. The molecule has 4 heterocycles. The summed E-state index contributed by atoms with van der Waals surface area (Å²) in [7, 11) is -3.91. The standard InChI is InChI=1S/C26H34ClN6O7P/c1-5-36-22-19-21(30-25(28)31-22)33(14-29-19)24-26(4,27)20-18(39-24)13-38-41(35,40-20)32-17(12-37-23(34)15(2)3)11-16-9-7-6-8-10-16/h6-10,14-15,17-18,20,24H,5,11-13H2,1-4H3,(H,32,35)(H2,28,30,31)/t17-,18-,20-,24-,26-,41+/m1/s1. The van der Waals surface area contributed by atoms with Gasteiger partial charge in [0.1, 0.15) is 23.7 Å². The van der Waals surface area contributed by atoms with Crippen LogP contribution in [0.3, 0.4) is 0 Å². The number of nitrogens with zero attached hydrogens (tertiary/aromatic N) is 4. The highest BCUT2D eigenvalue weighted by Gasteiger charge is 2.60. The SMILES string of the molecule is CCOc1nc(N)nc2c1ncn2[C@@H]1O[C@@H]2CO[P@@](=O)(N[C@@H](COC(=O)C(C)C)Cc3ccccc3)O[C@H]2[C@@]1(C)Cl. The summed E-state index contributed by atoms with van der Waals surface area (Å²) in [6, 6.07) is 9.01. The second-order valence-electron chi connectivity index (χ2n) is 10.4. The summed E-state index contributed by atoms with van der Waals surface area (Å²) in [6.07, 6.45) is -0.365. The maximum absolute atomic E-state index is 13.9. The Kier molecular flexibility index (Phi) is 8.56. The van der Waals surface area contributed by atoms with Crippen molar-refractivity contribution in [2.45, 2.75) is 63.5 Å². The first kappa shape index (κ1) is 29.7. The number of halogens is 1. The number of aromatic nitrogens is 4. The number of nitrogen functional groups attached to an aromatic ring is 1. The van der Waals surface area contributed by atoms with Crippen LogP contribution in [0.25, 0.3) is 11.2 Å². The van der Waals surface area contributed by atoms with Crippen LogP contribution in [0.4, 0.5) is 5.95 Å². The first-order chi connectivity index (χ1) is 19.5. The number of carbonyl (C=O) groups is 1. The maximum atomic E-state index is 13.9. The van der Waals surface area contributed by atoms with E-state index in [0.29, 0.717) is 24.2 Å². The zero-order chi connectivity index (χ0) is 29.4. The van der Waals surface area contributed by atoms with Crippen LogP contribution in [-0.4, -0.2) is 68.4 Å². The lowest BCUT2D eigenvalue weighted by atomic mass is 10.0. The highest BCUT2D eigenvalue weighted by atomic mass is 35.5. The fraction of sp³-hybridized carbons (Fsp3) is 0.538. The molecule has 1 aromatic carbocycles. The van der Waals surface area contributed by atoms with Gasteiger partial charge in [0.2, 0.25) is 11.8 Å². The fourth-order valence-corrected chi connectivity index (χ4v) is 7.07. The quantitative estimate of drug-likeness (QED) is 0.196. The van der Waals surface area contributed by atoms with Crippen LogP contribution in [-0.2, 0) is 34.3 Å². The minimum atomic E-state index is -3.91. The third kappa shape index (κ3) is 6.20. The molecule has 2 aromatic heterocycles. The zero-order valence-corrected chi connectivity index (χ0v) is 24.9. The Morgan fingerprint density at radius 2 is 2.07 bits per heavy atom. The van der Waals surface area contributed by atoms with Crippen molar-refractivity contribution in [2.24, 2.45) is 5.92 Å². The van der Waals surface area contributed by atoms with Crippen LogP contribution in [0.15, 0.2) is 36.7 Å². The van der Waals surface area contributed by atoms with Crippen molar-refractivity contribution in [2.75, 3.05) is 25.6 Å². The Bertz CT molecular complexity index is 1440. The number of imidazole rings is 1. The summed E-state index contributed by atoms with van der Waals surface area (Å²) >= 11 is 7.09. The van der Waals surface area contributed by atoms with Crippen LogP contribution in [0.5, 0.6) is 5.88 Å². The van der Waals surface area contributed by atoms with Gasteiger partial charge in [-0.25, -0.2) is 14.6 Å². The number of ether oxygens (including phenoxy) is 3. The number of anilines is 1. The molecule has 0 spiro atoms. The molecule has 0 radical (unpaired) electrons. The number of benzene rings is 1. The van der Waals surface area contributed by atoms with E-state index in [4.69, 9.17) is 40.6 Å². The van der Waals surface area contributed by atoms with E-state index in [1.165, 1.54) is 6.33 Å². The lowest BCUT2D eigenvalue weighted by Gasteiger charge is -2.36.